The molecular formula is C17H26O2. The zero-order chi connectivity index (χ0) is 14.4. The highest BCUT2D eigenvalue weighted by Crippen LogP contribution is 2.47. The average Bonchev–Trinajstić information content (AvgIpc) is 2.26. The fourth-order valence-corrected chi connectivity index (χ4v) is 2.93. The van der Waals surface area contributed by atoms with Gasteiger partial charge in [0.1, 0.15) is 11.4 Å². The summed E-state index contributed by atoms with van der Waals surface area (Å²) in [6.45, 7) is 12.6. The van der Waals surface area contributed by atoms with Crippen molar-refractivity contribution < 1.29 is 9.84 Å². The van der Waals surface area contributed by atoms with Crippen molar-refractivity contribution in [3.05, 3.63) is 29.3 Å². The van der Waals surface area contributed by atoms with E-state index in [0.29, 0.717) is 12.3 Å². The van der Waals surface area contributed by atoms with E-state index >= 15 is 0 Å². The van der Waals surface area contributed by atoms with Crippen molar-refractivity contribution in [1.82, 2.24) is 0 Å². The van der Waals surface area contributed by atoms with Crippen LogP contribution in [0.2, 0.25) is 0 Å². The van der Waals surface area contributed by atoms with Crippen molar-refractivity contribution >= 4 is 0 Å². The first-order valence-corrected chi connectivity index (χ1v) is 7.21. The van der Waals surface area contributed by atoms with Gasteiger partial charge in [0.05, 0.1) is 5.60 Å². The number of rotatable bonds is 2. The Hall–Kier alpha value is -1.02. The summed E-state index contributed by atoms with van der Waals surface area (Å²) in [5, 5.41) is 11.1. The maximum absolute atomic E-state index is 11.1. The lowest BCUT2D eigenvalue weighted by molar-refractivity contribution is -0.0923. The molecular weight excluding hydrogens is 236 g/mol. The van der Waals surface area contributed by atoms with E-state index < -0.39 is 5.60 Å². The van der Waals surface area contributed by atoms with Crippen molar-refractivity contribution in [1.29, 1.82) is 0 Å². The molecule has 0 aromatic heterocycles. The van der Waals surface area contributed by atoms with Crippen LogP contribution in [0.1, 0.15) is 65.0 Å². The monoisotopic (exact) mass is 262 g/mol. The van der Waals surface area contributed by atoms with Crippen LogP contribution < -0.4 is 4.74 Å². The maximum atomic E-state index is 11.1. The van der Waals surface area contributed by atoms with Gasteiger partial charge in [-0.05, 0) is 37.3 Å². The SMILES string of the molecule is CC(C)c1ccc2c(c1)OC(C)(C)C[C@]2(O)C(C)C. The molecule has 0 saturated carbocycles. The quantitative estimate of drug-likeness (QED) is 0.865. The molecule has 0 unspecified atom stereocenters. The summed E-state index contributed by atoms with van der Waals surface area (Å²) < 4.78 is 6.10. The largest absolute Gasteiger partial charge is 0.487 e. The molecule has 2 rings (SSSR count). The molecule has 1 aromatic rings. The van der Waals surface area contributed by atoms with Gasteiger partial charge in [-0.2, -0.15) is 0 Å². The molecule has 106 valence electrons. The van der Waals surface area contributed by atoms with E-state index in [4.69, 9.17) is 4.74 Å². The number of aliphatic hydroxyl groups is 1. The summed E-state index contributed by atoms with van der Waals surface area (Å²) in [5.41, 5.74) is 1.06. The number of fused-ring (bicyclic) bond motifs is 1. The standard InChI is InChI=1S/C17H26O2/c1-11(2)13-7-8-14-15(9-13)19-16(5,6)10-17(14,18)12(3)4/h7-9,11-12,18H,10H2,1-6H3/t17-/m0/s1. The zero-order valence-electron chi connectivity index (χ0n) is 12.9. The lowest BCUT2D eigenvalue weighted by atomic mass is 9.73. The molecule has 0 bridgehead atoms. The van der Waals surface area contributed by atoms with Gasteiger partial charge in [-0.1, -0.05) is 39.8 Å². The van der Waals surface area contributed by atoms with Crippen LogP contribution in [0.5, 0.6) is 5.75 Å². The highest BCUT2D eigenvalue weighted by atomic mass is 16.5. The molecule has 1 aromatic carbocycles. The van der Waals surface area contributed by atoms with Gasteiger partial charge >= 0.3 is 0 Å². The molecule has 1 aliphatic heterocycles. The second kappa shape index (κ2) is 4.52. The molecule has 2 nitrogen and oxygen atoms in total. The van der Waals surface area contributed by atoms with Gasteiger partial charge in [0.2, 0.25) is 0 Å². The van der Waals surface area contributed by atoms with Crippen LogP contribution >= 0.6 is 0 Å². The van der Waals surface area contributed by atoms with E-state index in [1.165, 1.54) is 5.56 Å². The van der Waals surface area contributed by atoms with Gasteiger partial charge in [0.25, 0.3) is 0 Å². The molecule has 0 amide bonds. The summed E-state index contributed by atoms with van der Waals surface area (Å²) in [4.78, 5) is 0. The Balaban J connectivity index is 2.57. The fourth-order valence-electron chi connectivity index (χ4n) is 2.93. The molecule has 19 heavy (non-hydrogen) atoms. The van der Waals surface area contributed by atoms with Crippen LogP contribution in [0.25, 0.3) is 0 Å². The van der Waals surface area contributed by atoms with Crippen molar-refractivity contribution in [2.45, 2.75) is 65.1 Å². The predicted molar refractivity (Wildman–Crippen MR) is 78.6 cm³/mol. The van der Waals surface area contributed by atoms with Gasteiger partial charge in [-0.15, -0.1) is 0 Å². The first-order chi connectivity index (χ1) is 8.66. The summed E-state index contributed by atoms with van der Waals surface area (Å²) in [7, 11) is 0. The molecule has 2 heteroatoms. The minimum Gasteiger partial charge on any atom is -0.487 e. The van der Waals surface area contributed by atoms with Crippen LogP contribution in [0.15, 0.2) is 18.2 Å². The molecule has 1 N–H and O–H groups in total. The third-order valence-corrected chi connectivity index (χ3v) is 4.18. The van der Waals surface area contributed by atoms with Gasteiger partial charge in [0, 0.05) is 12.0 Å². The summed E-state index contributed by atoms with van der Waals surface area (Å²) in [6, 6.07) is 6.24. The number of hydrogen-bond donors (Lipinski definition) is 1. The zero-order valence-corrected chi connectivity index (χ0v) is 12.9. The molecule has 0 radical (unpaired) electrons. The fraction of sp³-hybridized carbons (Fsp3) is 0.647. The maximum Gasteiger partial charge on any atom is 0.126 e. The van der Waals surface area contributed by atoms with E-state index in [9.17, 15) is 5.11 Å². The highest BCUT2D eigenvalue weighted by Gasteiger charge is 2.45. The lowest BCUT2D eigenvalue weighted by Gasteiger charge is -2.45. The van der Waals surface area contributed by atoms with Gasteiger partial charge in [0.15, 0.2) is 0 Å². The van der Waals surface area contributed by atoms with Gasteiger partial charge in [-0.3, -0.25) is 0 Å². The minimum atomic E-state index is -0.799. The molecule has 0 aliphatic carbocycles. The van der Waals surface area contributed by atoms with E-state index in [1.807, 2.05) is 19.9 Å². The highest BCUT2D eigenvalue weighted by molar-refractivity contribution is 5.44. The number of benzene rings is 1. The first-order valence-electron chi connectivity index (χ1n) is 7.21. The summed E-state index contributed by atoms with van der Waals surface area (Å²) >= 11 is 0. The van der Waals surface area contributed by atoms with Crippen LogP contribution in [-0.4, -0.2) is 10.7 Å². The molecule has 1 atom stereocenters. The normalized spacial score (nSPS) is 25.3. The van der Waals surface area contributed by atoms with Crippen LogP contribution in [-0.2, 0) is 5.60 Å². The second-order valence-electron chi connectivity index (χ2n) is 7.03. The van der Waals surface area contributed by atoms with Crippen molar-refractivity contribution in [2.24, 2.45) is 5.92 Å². The van der Waals surface area contributed by atoms with Gasteiger partial charge in [-0.25, -0.2) is 0 Å². The molecule has 0 saturated heterocycles. The Bertz CT molecular complexity index is 474. The topological polar surface area (TPSA) is 29.5 Å². The van der Waals surface area contributed by atoms with Crippen LogP contribution in [0, 0.1) is 5.92 Å². The van der Waals surface area contributed by atoms with Crippen molar-refractivity contribution in [3.8, 4) is 5.75 Å². The molecule has 1 aliphatic rings. The second-order valence-corrected chi connectivity index (χ2v) is 7.03. The van der Waals surface area contributed by atoms with E-state index in [1.54, 1.807) is 0 Å². The van der Waals surface area contributed by atoms with Crippen LogP contribution in [0.3, 0.4) is 0 Å². The Morgan fingerprint density at radius 1 is 1.16 bits per heavy atom. The number of ether oxygens (including phenoxy) is 1. The third-order valence-electron chi connectivity index (χ3n) is 4.18. The van der Waals surface area contributed by atoms with E-state index in [2.05, 4.69) is 39.8 Å². The van der Waals surface area contributed by atoms with Crippen molar-refractivity contribution in [2.75, 3.05) is 0 Å². The Labute approximate surface area is 116 Å². The summed E-state index contributed by atoms with van der Waals surface area (Å²) in [6.07, 6.45) is 0.631. The predicted octanol–water partition coefficient (Wildman–Crippen LogP) is 4.21. The minimum absolute atomic E-state index is 0.166. The molecule has 0 fully saturated rings. The first kappa shape index (κ1) is 14.4. The Kier molecular flexibility index (Phi) is 3.42. The third kappa shape index (κ3) is 2.51. The van der Waals surface area contributed by atoms with E-state index in [-0.39, 0.29) is 11.5 Å². The molecule has 1 heterocycles. The van der Waals surface area contributed by atoms with Gasteiger partial charge < -0.3 is 9.84 Å². The molecule has 0 spiro atoms. The van der Waals surface area contributed by atoms with Crippen molar-refractivity contribution in [3.63, 3.8) is 0 Å². The lowest BCUT2D eigenvalue weighted by Crippen LogP contribution is -2.47. The smallest absolute Gasteiger partial charge is 0.126 e. The Morgan fingerprint density at radius 3 is 2.32 bits per heavy atom. The Morgan fingerprint density at radius 2 is 1.79 bits per heavy atom. The average molecular weight is 262 g/mol. The number of hydrogen-bond acceptors (Lipinski definition) is 2. The summed E-state index contributed by atoms with van der Waals surface area (Å²) in [5.74, 6) is 1.48. The van der Waals surface area contributed by atoms with E-state index in [0.717, 1.165) is 11.3 Å². The van der Waals surface area contributed by atoms with Crippen LogP contribution in [0.4, 0.5) is 0 Å².